The van der Waals surface area contributed by atoms with Gasteiger partial charge in [-0.15, -0.1) is 0 Å². The predicted octanol–water partition coefficient (Wildman–Crippen LogP) is 2.36. The number of carbonyl (C=O) groups is 1. The molecule has 1 saturated heterocycles. The molecule has 1 heterocycles. The summed E-state index contributed by atoms with van der Waals surface area (Å²) in [4.78, 5) is 14.8. The van der Waals surface area contributed by atoms with Crippen LogP contribution in [0.2, 0.25) is 0 Å². The van der Waals surface area contributed by atoms with Gasteiger partial charge in [0.15, 0.2) is 0 Å². The monoisotopic (exact) mass is 401 g/mol. The zero-order chi connectivity index (χ0) is 20.5. The van der Waals surface area contributed by atoms with Crippen LogP contribution in [-0.2, 0) is 9.53 Å². The molecule has 5 saturated carbocycles. The number of rotatable bonds is 2. The SMILES string of the molecule is C=C1[C@@H](O)C23C[C@@H]1[C@@H](O)C[C@H]2[C@@]12C4[C@H]3C[C@@H]1[C@](C)(CC[C@@H]2OC(C)=O)CN4CC. The number of piperidine rings is 1. The minimum absolute atomic E-state index is 0.0223. The lowest BCUT2D eigenvalue weighted by Crippen LogP contribution is -2.69. The van der Waals surface area contributed by atoms with E-state index < -0.39 is 12.2 Å². The molecule has 0 radical (unpaired) electrons. The van der Waals surface area contributed by atoms with Gasteiger partial charge >= 0.3 is 5.97 Å². The van der Waals surface area contributed by atoms with Crippen LogP contribution in [0.15, 0.2) is 12.2 Å². The molecule has 2 spiro atoms. The summed E-state index contributed by atoms with van der Waals surface area (Å²) in [6, 6.07) is 0.340. The normalized spacial score (nSPS) is 59.7. The van der Waals surface area contributed by atoms with Gasteiger partial charge in [-0.2, -0.15) is 0 Å². The van der Waals surface area contributed by atoms with Crippen LogP contribution < -0.4 is 0 Å². The van der Waals surface area contributed by atoms with Gasteiger partial charge in [-0.3, -0.25) is 9.69 Å². The van der Waals surface area contributed by atoms with Gasteiger partial charge in [-0.1, -0.05) is 20.4 Å². The summed E-state index contributed by atoms with van der Waals surface area (Å²) >= 11 is 0. The number of aliphatic hydroxyl groups is 2. The third-order valence-electron chi connectivity index (χ3n) is 10.8. The van der Waals surface area contributed by atoms with E-state index >= 15 is 0 Å². The van der Waals surface area contributed by atoms with Crippen LogP contribution in [0.1, 0.15) is 52.9 Å². The summed E-state index contributed by atoms with van der Waals surface area (Å²) in [7, 11) is 0. The average Bonchev–Trinajstić information content (AvgIpc) is 3.18. The Kier molecular flexibility index (Phi) is 3.55. The maximum atomic E-state index is 12.2. The Labute approximate surface area is 173 Å². The molecule has 11 atom stereocenters. The lowest BCUT2D eigenvalue weighted by atomic mass is 9.43. The van der Waals surface area contributed by atoms with Gasteiger partial charge in [0.1, 0.15) is 6.10 Å². The summed E-state index contributed by atoms with van der Waals surface area (Å²) in [5.41, 5.74) is 0.734. The van der Waals surface area contributed by atoms with Crippen LogP contribution in [-0.4, -0.2) is 58.5 Å². The number of aliphatic hydroxyl groups excluding tert-OH is 2. The second-order valence-corrected chi connectivity index (χ2v) is 11.4. The van der Waals surface area contributed by atoms with Crippen molar-refractivity contribution in [2.45, 2.75) is 77.2 Å². The molecule has 5 aliphatic carbocycles. The third kappa shape index (κ3) is 1.81. The predicted molar refractivity (Wildman–Crippen MR) is 108 cm³/mol. The van der Waals surface area contributed by atoms with E-state index in [0.717, 1.165) is 50.8 Å². The molecule has 0 amide bonds. The zero-order valence-electron chi connectivity index (χ0n) is 17.9. The van der Waals surface area contributed by atoms with Gasteiger partial charge in [0.2, 0.25) is 0 Å². The van der Waals surface area contributed by atoms with E-state index in [4.69, 9.17) is 4.74 Å². The molecule has 6 aliphatic rings. The van der Waals surface area contributed by atoms with Gasteiger partial charge in [-0.25, -0.2) is 0 Å². The van der Waals surface area contributed by atoms with E-state index in [1.807, 2.05) is 0 Å². The molecule has 6 rings (SSSR count). The molecule has 2 N–H and O–H groups in total. The lowest BCUT2D eigenvalue weighted by Gasteiger charge is -2.65. The number of hydrogen-bond acceptors (Lipinski definition) is 5. The van der Waals surface area contributed by atoms with Crippen molar-refractivity contribution < 1.29 is 19.7 Å². The van der Waals surface area contributed by atoms with Crippen LogP contribution >= 0.6 is 0 Å². The Bertz CT molecular complexity index is 798. The van der Waals surface area contributed by atoms with Crippen molar-refractivity contribution in [1.29, 1.82) is 0 Å². The van der Waals surface area contributed by atoms with E-state index in [9.17, 15) is 15.0 Å². The quantitative estimate of drug-likeness (QED) is 0.549. The number of ether oxygens (including phenoxy) is 1. The molecular formula is C24H35NO4. The second kappa shape index (κ2) is 5.46. The number of esters is 1. The molecule has 0 aromatic heterocycles. The molecule has 7 bridgehead atoms. The molecule has 5 heteroatoms. The molecule has 29 heavy (non-hydrogen) atoms. The number of fused-ring (bicyclic) bond motifs is 1. The van der Waals surface area contributed by atoms with Crippen LogP contribution in [0.5, 0.6) is 0 Å². The van der Waals surface area contributed by atoms with E-state index in [0.29, 0.717) is 17.9 Å². The minimum atomic E-state index is -0.537. The fourth-order valence-electron chi connectivity index (χ4n) is 10.3. The first-order valence-corrected chi connectivity index (χ1v) is 11.7. The number of likely N-dealkylation sites (tertiary alicyclic amines) is 1. The number of carbonyl (C=O) groups excluding carboxylic acids is 1. The molecule has 5 nitrogen and oxygen atoms in total. The lowest BCUT2D eigenvalue weighted by molar-refractivity contribution is -0.228. The zero-order valence-corrected chi connectivity index (χ0v) is 17.9. The average molecular weight is 402 g/mol. The first-order chi connectivity index (χ1) is 13.7. The Morgan fingerprint density at radius 3 is 2.76 bits per heavy atom. The summed E-state index contributed by atoms with van der Waals surface area (Å²) in [5.74, 6) is 0.937. The van der Waals surface area contributed by atoms with Crippen LogP contribution in [0.3, 0.4) is 0 Å². The number of nitrogens with zero attached hydrogens (tertiary/aromatic N) is 1. The van der Waals surface area contributed by atoms with Crippen molar-refractivity contribution in [2.24, 2.45) is 39.9 Å². The maximum absolute atomic E-state index is 12.2. The molecule has 6 fully saturated rings. The summed E-state index contributed by atoms with van der Waals surface area (Å²) in [5, 5.41) is 22.6. The first kappa shape index (κ1) is 18.8. The molecule has 1 aliphatic heterocycles. The Hall–Kier alpha value is -0.910. The van der Waals surface area contributed by atoms with Crippen molar-refractivity contribution in [1.82, 2.24) is 4.90 Å². The Balaban J connectivity index is 1.59. The maximum Gasteiger partial charge on any atom is 0.302 e. The topological polar surface area (TPSA) is 70.0 Å². The molecule has 2 unspecified atom stereocenters. The fraction of sp³-hybridized carbons (Fsp3) is 0.875. The van der Waals surface area contributed by atoms with Gasteiger partial charge in [0.25, 0.3) is 0 Å². The van der Waals surface area contributed by atoms with E-state index in [-0.39, 0.29) is 40.2 Å². The Morgan fingerprint density at radius 2 is 2.07 bits per heavy atom. The number of hydrogen-bond donors (Lipinski definition) is 2. The van der Waals surface area contributed by atoms with Crippen molar-refractivity contribution in [3.05, 3.63) is 12.2 Å². The highest BCUT2D eigenvalue weighted by molar-refractivity contribution is 5.66. The third-order valence-corrected chi connectivity index (χ3v) is 10.8. The van der Waals surface area contributed by atoms with Crippen LogP contribution in [0.4, 0.5) is 0 Å². The van der Waals surface area contributed by atoms with Gasteiger partial charge < -0.3 is 14.9 Å². The van der Waals surface area contributed by atoms with Crippen molar-refractivity contribution in [3.8, 4) is 0 Å². The summed E-state index contributed by atoms with van der Waals surface area (Å²) < 4.78 is 6.11. The fourth-order valence-corrected chi connectivity index (χ4v) is 10.3. The van der Waals surface area contributed by atoms with E-state index in [1.165, 1.54) is 6.92 Å². The molecule has 0 aromatic carbocycles. The highest BCUT2D eigenvalue weighted by Crippen LogP contribution is 2.83. The highest BCUT2D eigenvalue weighted by Gasteiger charge is 2.85. The minimum Gasteiger partial charge on any atom is -0.462 e. The first-order valence-electron chi connectivity index (χ1n) is 11.7. The van der Waals surface area contributed by atoms with Crippen LogP contribution in [0, 0.1) is 39.9 Å². The van der Waals surface area contributed by atoms with E-state index in [2.05, 4.69) is 25.3 Å². The second-order valence-electron chi connectivity index (χ2n) is 11.4. The van der Waals surface area contributed by atoms with Gasteiger partial charge in [0.05, 0.1) is 12.2 Å². The molecular weight excluding hydrogens is 366 g/mol. The standard InChI is InChI=1S/C24H35NO4/c1-5-25-11-22(4)7-6-19(29-13(3)26)24-17(22)8-15(20(24)25)23-10-14(12(2)21(23)28)16(27)9-18(23)24/h14-21,27-28H,2,5-11H2,1,3-4H3/t14-,15+,16-,17+,18+,19-,20?,21+,22+,23?,24-/m0/s1. The Morgan fingerprint density at radius 1 is 1.31 bits per heavy atom. The largest absolute Gasteiger partial charge is 0.462 e. The summed E-state index contributed by atoms with van der Waals surface area (Å²) in [6.07, 6.45) is 3.63. The molecule has 0 aromatic rings. The highest BCUT2D eigenvalue weighted by atomic mass is 16.5. The van der Waals surface area contributed by atoms with E-state index in [1.54, 1.807) is 0 Å². The smallest absolute Gasteiger partial charge is 0.302 e. The van der Waals surface area contributed by atoms with Crippen molar-refractivity contribution >= 4 is 5.97 Å². The van der Waals surface area contributed by atoms with Crippen LogP contribution in [0.25, 0.3) is 0 Å². The molecule has 160 valence electrons. The van der Waals surface area contributed by atoms with Gasteiger partial charge in [-0.05, 0) is 67.4 Å². The van der Waals surface area contributed by atoms with Crippen molar-refractivity contribution in [3.63, 3.8) is 0 Å². The van der Waals surface area contributed by atoms with Gasteiger partial charge in [0, 0.05) is 36.3 Å². The summed E-state index contributed by atoms with van der Waals surface area (Å²) in [6.45, 7) is 12.6. The van der Waals surface area contributed by atoms with Crippen molar-refractivity contribution in [2.75, 3.05) is 13.1 Å².